The van der Waals surface area contributed by atoms with Gasteiger partial charge in [0.05, 0.1) is 27.7 Å². The molecule has 0 amide bonds. The van der Waals surface area contributed by atoms with Gasteiger partial charge in [-0.15, -0.1) is 0 Å². The molecule has 0 spiro atoms. The number of carbonyl (C=O) groups is 2. The zero-order valence-electron chi connectivity index (χ0n) is 39.4. The molecule has 0 aliphatic rings. The molecule has 10 heteroatoms. The Bertz CT molecular complexity index is 1160. The Morgan fingerprint density at radius 2 is 0.917 bits per heavy atom. The van der Waals surface area contributed by atoms with Crippen LogP contribution in [0.25, 0.3) is 0 Å². The van der Waals surface area contributed by atoms with Crippen molar-refractivity contribution in [3.05, 3.63) is 48.6 Å². The molecule has 0 N–H and O–H groups in total. The van der Waals surface area contributed by atoms with Crippen LogP contribution in [0.3, 0.4) is 0 Å². The van der Waals surface area contributed by atoms with E-state index in [0.29, 0.717) is 23.9 Å². The molecule has 2 atom stereocenters. The molecule has 0 rings (SSSR count). The van der Waals surface area contributed by atoms with Gasteiger partial charge in [0.1, 0.15) is 19.8 Å². The number of quaternary nitrogens is 1. The van der Waals surface area contributed by atoms with E-state index in [1.165, 1.54) is 128 Å². The van der Waals surface area contributed by atoms with Crippen LogP contribution < -0.4 is 4.89 Å². The fourth-order valence-corrected chi connectivity index (χ4v) is 7.26. The molecule has 0 saturated carbocycles. The summed E-state index contributed by atoms with van der Waals surface area (Å²) in [5.41, 5.74) is 0. The van der Waals surface area contributed by atoms with Gasteiger partial charge in [-0.25, -0.2) is 0 Å². The second-order valence-electron chi connectivity index (χ2n) is 17.5. The molecule has 0 aromatic heterocycles. The second-order valence-corrected chi connectivity index (χ2v) is 18.9. The lowest BCUT2D eigenvalue weighted by atomic mass is 10.0. The number of hydrogen-bond acceptors (Lipinski definition) is 8. The standard InChI is InChI=1S/C50H92NO8P/c1-6-8-10-12-14-16-18-20-22-24-25-27-28-30-32-34-36-38-40-42-49(52)56-46-48(47-58-60(54,55)57-45-44-51(3,4)5)59-50(53)43-41-39-37-35-33-31-29-26-23-21-19-17-15-13-11-9-7-2/h15,17,21,23,29,31,35,37,48H,6-14,16,18-20,22,24-28,30,32-34,36,38-47H2,1-5H3/b17-15+,23-21+,31-29+,37-35+/t48-/m1/s1. The zero-order valence-corrected chi connectivity index (χ0v) is 40.3. The summed E-state index contributed by atoms with van der Waals surface area (Å²) in [7, 11) is 1.13. The van der Waals surface area contributed by atoms with Gasteiger partial charge < -0.3 is 27.9 Å². The normalized spacial score (nSPS) is 13.9. The van der Waals surface area contributed by atoms with Gasteiger partial charge >= 0.3 is 11.9 Å². The number of phosphoric ester groups is 1. The van der Waals surface area contributed by atoms with Gasteiger partial charge in [-0.3, -0.25) is 14.2 Å². The third kappa shape index (κ3) is 45.5. The SMILES string of the molecule is CCCCC/C=C/C/C=C/C/C=C/C/C=C/CCCC(=O)O[C@H](COC(=O)CCCCCCCCCCCCCCCCCCCCC)COP(=O)([O-])OCC[N+](C)(C)C. The van der Waals surface area contributed by atoms with Crippen LogP contribution >= 0.6 is 7.82 Å². The average Bonchev–Trinajstić information content (AvgIpc) is 3.20. The van der Waals surface area contributed by atoms with Crippen LogP contribution in [0, 0.1) is 0 Å². The highest BCUT2D eigenvalue weighted by molar-refractivity contribution is 7.45. The Morgan fingerprint density at radius 1 is 0.517 bits per heavy atom. The Morgan fingerprint density at radius 3 is 1.38 bits per heavy atom. The molecule has 0 aromatic rings. The molecule has 0 radical (unpaired) electrons. The topological polar surface area (TPSA) is 111 Å². The summed E-state index contributed by atoms with van der Waals surface area (Å²) in [5, 5.41) is 0. The molecule has 0 aliphatic heterocycles. The van der Waals surface area contributed by atoms with Gasteiger partial charge in [-0.2, -0.15) is 0 Å². The van der Waals surface area contributed by atoms with E-state index in [0.717, 1.165) is 38.5 Å². The first kappa shape index (κ1) is 58.0. The van der Waals surface area contributed by atoms with Crippen LogP contribution in [0.15, 0.2) is 48.6 Å². The van der Waals surface area contributed by atoms with Crippen LogP contribution in [0.4, 0.5) is 0 Å². The van der Waals surface area contributed by atoms with Crippen molar-refractivity contribution in [2.24, 2.45) is 0 Å². The fraction of sp³-hybridized carbons (Fsp3) is 0.800. The minimum atomic E-state index is -4.64. The summed E-state index contributed by atoms with van der Waals surface area (Å²) >= 11 is 0. The third-order valence-electron chi connectivity index (χ3n) is 10.4. The number of nitrogens with zero attached hydrogens (tertiary/aromatic N) is 1. The van der Waals surface area contributed by atoms with Crippen LogP contribution in [0.5, 0.6) is 0 Å². The van der Waals surface area contributed by atoms with Crippen LogP contribution in [-0.4, -0.2) is 70.0 Å². The molecule has 0 heterocycles. The molecule has 0 bridgehead atoms. The van der Waals surface area contributed by atoms with Crippen molar-refractivity contribution < 1.29 is 42.1 Å². The molecule has 350 valence electrons. The van der Waals surface area contributed by atoms with Crippen molar-refractivity contribution in [3.8, 4) is 0 Å². The van der Waals surface area contributed by atoms with Crippen molar-refractivity contribution in [2.45, 2.75) is 213 Å². The van der Waals surface area contributed by atoms with Gasteiger partial charge in [0.2, 0.25) is 0 Å². The van der Waals surface area contributed by atoms with E-state index in [1.807, 2.05) is 27.2 Å². The van der Waals surface area contributed by atoms with E-state index in [9.17, 15) is 19.0 Å². The number of carbonyl (C=O) groups excluding carboxylic acids is 2. The predicted octanol–water partition coefficient (Wildman–Crippen LogP) is 13.6. The Labute approximate surface area is 369 Å². The molecule has 0 saturated heterocycles. The molecule has 0 aromatic carbocycles. The maximum atomic E-state index is 12.7. The number of phosphoric acid groups is 1. The summed E-state index contributed by atoms with van der Waals surface area (Å²) in [6.07, 6.45) is 50.0. The zero-order chi connectivity index (χ0) is 44.3. The monoisotopic (exact) mass is 866 g/mol. The van der Waals surface area contributed by atoms with Crippen LogP contribution in [0.2, 0.25) is 0 Å². The average molecular weight is 866 g/mol. The highest BCUT2D eigenvalue weighted by Crippen LogP contribution is 2.38. The lowest BCUT2D eigenvalue weighted by molar-refractivity contribution is -0.870. The van der Waals surface area contributed by atoms with Crippen molar-refractivity contribution in [1.82, 2.24) is 0 Å². The van der Waals surface area contributed by atoms with Gasteiger partial charge in [-0.1, -0.05) is 191 Å². The largest absolute Gasteiger partial charge is 0.756 e. The van der Waals surface area contributed by atoms with E-state index >= 15 is 0 Å². The first-order valence-electron chi connectivity index (χ1n) is 24.3. The van der Waals surface area contributed by atoms with Crippen molar-refractivity contribution in [3.63, 3.8) is 0 Å². The van der Waals surface area contributed by atoms with Gasteiger partial charge in [-0.05, 0) is 51.4 Å². The number of hydrogen-bond donors (Lipinski definition) is 0. The molecule has 0 fully saturated rings. The van der Waals surface area contributed by atoms with Crippen molar-refractivity contribution >= 4 is 19.8 Å². The van der Waals surface area contributed by atoms with Gasteiger partial charge in [0.15, 0.2) is 6.10 Å². The number of esters is 2. The smallest absolute Gasteiger partial charge is 0.306 e. The Kier molecular flexibility index (Phi) is 40.8. The highest BCUT2D eigenvalue weighted by Gasteiger charge is 2.21. The lowest BCUT2D eigenvalue weighted by Crippen LogP contribution is -2.37. The minimum Gasteiger partial charge on any atom is -0.756 e. The molecular weight excluding hydrogens is 774 g/mol. The number of ether oxygens (including phenoxy) is 2. The van der Waals surface area contributed by atoms with Gasteiger partial charge in [0.25, 0.3) is 7.82 Å². The number of rotatable bonds is 44. The first-order chi connectivity index (χ1) is 29.0. The summed E-state index contributed by atoms with van der Waals surface area (Å²) < 4.78 is 33.9. The van der Waals surface area contributed by atoms with Crippen LogP contribution in [-0.2, 0) is 32.7 Å². The third-order valence-corrected chi connectivity index (χ3v) is 11.3. The molecular formula is C50H92NO8P. The predicted molar refractivity (Wildman–Crippen MR) is 250 cm³/mol. The maximum absolute atomic E-state index is 12.7. The van der Waals surface area contributed by atoms with Gasteiger partial charge in [0, 0.05) is 12.8 Å². The molecule has 9 nitrogen and oxygen atoms in total. The summed E-state index contributed by atoms with van der Waals surface area (Å²) in [4.78, 5) is 37.6. The number of likely N-dealkylation sites (N-methyl/N-ethyl adjacent to an activating group) is 1. The highest BCUT2D eigenvalue weighted by atomic mass is 31.2. The number of unbranched alkanes of at least 4 members (excludes halogenated alkanes) is 22. The molecule has 1 unspecified atom stereocenters. The fourth-order valence-electron chi connectivity index (χ4n) is 6.53. The van der Waals surface area contributed by atoms with Crippen molar-refractivity contribution in [2.75, 3.05) is 47.5 Å². The summed E-state index contributed by atoms with van der Waals surface area (Å²) in [6, 6.07) is 0. The maximum Gasteiger partial charge on any atom is 0.306 e. The van der Waals surface area contributed by atoms with E-state index < -0.39 is 32.5 Å². The number of allylic oxidation sites excluding steroid dienone is 8. The minimum absolute atomic E-state index is 0.0410. The van der Waals surface area contributed by atoms with Crippen LogP contribution in [0.1, 0.15) is 206 Å². The summed E-state index contributed by atoms with van der Waals surface area (Å²) in [6.45, 7) is 4.16. The van der Waals surface area contributed by atoms with E-state index in [1.54, 1.807) is 0 Å². The second kappa shape index (κ2) is 42.3. The summed E-state index contributed by atoms with van der Waals surface area (Å²) in [5.74, 6) is -0.894. The Balaban J connectivity index is 4.35. The van der Waals surface area contributed by atoms with Crippen molar-refractivity contribution in [1.29, 1.82) is 0 Å². The quantitative estimate of drug-likeness (QED) is 0.0196. The molecule has 60 heavy (non-hydrogen) atoms. The lowest BCUT2D eigenvalue weighted by Gasteiger charge is -2.28. The molecule has 0 aliphatic carbocycles. The first-order valence-corrected chi connectivity index (χ1v) is 25.8. The Hall–Kier alpha value is -2.03. The van der Waals surface area contributed by atoms with E-state index in [4.69, 9.17) is 18.5 Å². The van der Waals surface area contributed by atoms with E-state index in [-0.39, 0.29) is 26.1 Å². The van der Waals surface area contributed by atoms with E-state index in [2.05, 4.69) is 56.4 Å².